The van der Waals surface area contributed by atoms with E-state index in [0.29, 0.717) is 29.2 Å². The summed E-state index contributed by atoms with van der Waals surface area (Å²) in [4.78, 5) is 16.3. The predicted molar refractivity (Wildman–Crippen MR) is 74.2 cm³/mol. The van der Waals surface area contributed by atoms with Crippen molar-refractivity contribution >= 4 is 17.5 Å². The van der Waals surface area contributed by atoms with E-state index in [0.717, 1.165) is 30.8 Å². The highest BCUT2D eigenvalue weighted by atomic mass is 32.2. The Bertz CT molecular complexity index is 427. The number of hydrogen-bond acceptors (Lipinski definition) is 4. The lowest BCUT2D eigenvalue weighted by atomic mass is 9.86. The summed E-state index contributed by atoms with van der Waals surface area (Å²) in [6.45, 7) is 6.42. The lowest BCUT2D eigenvalue weighted by Crippen LogP contribution is -2.22. The van der Waals surface area contributed by atoms with Gasteiger partial charge in [0.05, 0.1) is 0 Å². The van der Waals surface area contributed by atoms with Gasteiger partial charge in [-0.2, -0.15) is 11.8 Å². The maximum atomic E-state index is 12.0. The molecule has 0 unspecified atom stereocenters. The largest absolute Gasteiger partial charge is 0.445 e. The molecule has 1 aliphatic rings. The van der Waals surface area contributed by atoms with Crippen molar-refractivity contribution in [3.05, 3.63) is 17.3 Å². The molecule has 1 aromatic heterocycles. The average Bonchev–Trinajstić information content (AvgIpc) is 2.72. The van der Waals surface area contributed by atoms with E-state index in [1.54, 1.807) is 0 Å². The fourth-order valence-corrected chi connectivity index (χ4v) is 3.57. The van der Waals surface area contributed by atoms with E-state index in [9.17, 15) is 4.79 Å². The smallest absolute Gasteiger partial charge is 0.194 e. The molecule has 3 nitrogen and oxygen atoms in total. The number of carbonyl (C=O) groups excluding carboxylic acids is 1. The Kier molecular flexibility index (Phi) is 4.49. The van der Waals surface area contributed by atoms with Gasteiger partial charge in [0.1, 0.15) is 11.5 Å². The van der Waals surface area contributed by atoms with E-state index >= 15 is 0 Å². The number of Topliss-reactive ketones (excluding diaryl/α,β-unsaturated/α-hetero) is 1. The van der Waals surface area contributed by atoms with Crippen molar-refractivity contribution < 1.29 is 9.21 Å². The Morgan fingerprint density at radius 2 is 2.22 bits per heavy atom. The minimum Gasteiger partial charge on any atom is -0.445 e. The highest BCUT2D eigenvalue weighted by Gasteiger charge is 2.30. The second-order valence-electron chi connectivity index (χ2n) is 4.93. The molecule has 0 amide bonds. The topological polar surface area (TPSA) is 43.1 Å². The van der Waals surface area contributed by atoms with Gasteiger partial charge in [0.25, 0.3) is 0 Å². The molecule has 0 saturated heterocycles. The third-order valence-electron chi connectivity index (χ3n) is 3.37. The van der Waals surface area contributed by atoms with Gasteiger partial charge in [-0.25, -0.2) is 4.98 Å². The number of hydrogen-bond donors (Lipinski definition) is 0. The first-order valence-corrected chi connectivity index (χ1v) is 7.82. The monoisotopic (exact) mass is 267 g/mol. The SMILES string of the molecule is CCS[C@H](C)C[C@H]1CC(=O)c2nc(CC)oc2C1. The zero-order valence-electron chi connectivity index (χ0n) is 11.4. The van der Waals surface area contributed by atoms with E-state index < -0.39 is 0 Å². The van der Waals surface area contributed by atoms with E-state index in [-0.39, 0.29) is 5.78 Å². The number of oxazole rings is 1. The molecule has 1 heterocycles. The van der Waals surface area contributed by atoms with Crippen LogP contribution in [0.2, 0.25) is 0 Å². The molecular formula is C14H21NO2S. The molecule has 2 atom stereocenters. The van der Waals surface area contributed by atoms with Crippen LogP contribution < -0.4 is 0 Å². The first kappa shape index (κ1) is 13.7. The van der Waals surface area contributed by atoms with Crippen LogP contribution in [-0.4, -0.2) is 21.8 Å². The molecule has 1 aromatic rings. The van der Waals surface area contributed by atoms with Crippen molar-refractivity contribution in [1.82, 2.24) is 4.98 Å². The van der Waals surface area contributed by atoms with Crippen molar-refractivity contribution in [1.29, 1.82) is 0 Å². The standard InChI is InChI=1S/C14H21NO2S/c1-4-13-15-14-11(16)7-10(8-12(14)17-13)6-9(3)18-5-2/h9-10H,4-8H2,1-3H3/t9-,10+/m1/s1. The molecule has 18 heavy (non-hydrogen) atoms. The van der Waals surface area contributed by atoms with Crippen LogP contribution in [0.1, 0.15) is 55.8 Å². The second-order valence-corrected chi connectivity index (χ2v) is 6.65. The van der Waals surface area contributed by atoms with Crippen LogP contribution in [-0.2, 0) is 12.8 Å². The lowest BCUT2D eigenvalue weighted by molar-refractivity contribution is 0.0937. The number of nitrogens with zero attached hydrogens (tertiary/aromatic N) is 1. The summed E-state index contributed by atoms with van der Waals surface area (Å²) in [7, 11) is 0. The fourth-order valence-electron chi connectivity index (χ4n) is 2.59. The molecule has 0 bridgehead atoms. The molecule has 0 fully saturated rings. The highest BCUT2D eigenvalue weighted by molar-refractivity contribution is 7.99. The molecule has 0 aliphatic heterocycles. The van der Waals surface area contributed by atoms with E-state index in [1.165, 1.54) is 0 Å². The molecular weight excluding hydrogens is 246 g/mol. The Hall–Kier alpha value is -0.770. The third kappa shape index (κ3) is 2.97. The van der Waals surface area contributed by atoms with Crippen LogP contribution in [0.3, 0.4) is 0 Å². The van der Waals surface area contributed by atoms with Crippen molar-refractivity contribution in [3.8, 4) is 0 Å². The first-order chi connectivity index (χ1) is 8.63. The Labute approximate surface area is 113 Å². The fraction of sp³-hybridized carbons (Fsp3) is 0.714. The molecule has 1 aliphatic carbocycles. The number of aromatic nitrogens is 1. The Morgan fingerprint density at radius 3 is 2.89 bits per heavy atom. The van der Waals surface area contributed by atoms with Gasteiger partial charge in [0.15, 0.2) is 11.7 Å². The van der Waals surface area contributed by atoms with Crippen LogP contribution in [0.5, 0.6) is 0 Å². The Morgan fingerprint density at radius 1 is 1.44 bits per heavy atom. The lowest BCUT2D eigenvalue weighted by Gasteiger charge is -2.22. The third-order valence-corrected chi connectivity index (χ3v) is 4.47. The van der Waals surface area contributed by atoms with Crippen LogP contribution in [0.25, 0.3) is 0 Å². The summed E-state index contributed by atoms with van der Waals surface area (Å²) in [5.74, 6) is 3.25. The van der Waals surface area contributed by atoms with Crippen LogP contribution >= 0.6 is 11.8 Å². The maximum absolute atomic E-state index is 12.0. The van der Waals surface area contributed by atoms with Gasteiger partial charge in [0.2, 0.25) is 0 Å². The highest BCUT2D eigenvalue weighted by Crippen LogP contribution is 2.31. The van der Waals surface area contributed by atoms with Gasteiger partial charge in [-0.3, -0.25) is 4.79 Å². The van der Waals surface area contributed by atoms with Crippen molar-refractivity contribution in [2.45, 2.75) is 51.7 Å². The van der Waals surface area contributed by atoms with Crippen LogP contribution in [0.15, 0.2) is 4.42 Å². The van der Waals surface area contributed by atoms with Crippen LogP contribution in [0, 0.1) is 5.92 Å². The quantitative estimate of drug-likeness (QED) is 0.818. The molecule has 2 rings (SSSR count). The van der Waals surface area contributed by atoms with E-state index in [1.807, 2.05) is 18.7 Å². The van der Waals surface area contributed by atoms with E-state index in [4.69, 9.17) is 4.42 Å². The maximum Gasteiger partial charge on any atom is 0.194 e. The summed E-state index contributed by atoms with van der Waals surface area (Å²) in [6.07, 6.45) is 3.36. The number of aryl methyl sites for hydroxylation is 1. The van der Waals surface area contributed by atoms with Gasteiger partial charge in [0, 0.05) is 24.5 Å². The van der Waals surface area contributed by atoms with Crippen LogP contribution in [0.4, 0.5) is 0 Å². The molecule has 4 heteroatoms. The Balaban J connectivity index is 2.05. The molecule has 0 spiro atoms. The number of carbonyl (C=O) groups is 1. The molecule has 0 saturated carbocycles. The summed E-state index contributed by atoms with van der Waals surface area (Å²) in [5.41, 5.74) is 0.596. The molecule has 0 radical (unpaired) electrons. The normalized spacial score (nSPS) is 20.8. The van der Waals surface area contributed by atoms with Gasteiger partial charge in [-0.1, -0.05) is 20.8 Å². The molecule has 0 N–H and O–H groups in total. The summed E-state index contributed by atoms with van der Waals surface area (Å²) < 4.78 is 5.66. The minimum absolute atomic E-state index is 0.165. The number of rotatable bonds is 5. The zero-order chi connectivity index (χ0) is 13.1. The van der Waals surface area contributed by atoms with Gasteiger partial charge < -0.3 is 4.42 Å². The molecule has 0 aromatic carbocycles. The predicted octanol–water partition coefficient (Wildman–Crippen LogP) is 3.51. The first-order valence-electron chi connectivity index (χ1n) is 6.77. The number of thioether (sulfide) groups is 1. The zero-order valence-corrected chi connectivity index (χ0v) is 12.2. The summed E-state index contributed by atoms with van der Waals surface area (Å²) in [5, 5.41) is 0.614. The summed E-state index contributed by atoms with van der Waals surface area (Å²) >= 11 is 1.96. The second kappa shape index (κ2) is 5.91. The number of fused-ring (bicyclic) bond motifs is 1. The van der Waals surface area contributed by atoms with Crippen molar-refractivity contribution in [2.75, 3.05) is 5.75 Å². The van der Waals surface area contributed by atoms with Crippen molar-refractivity contribution in [2.24, 2.45) is 5.92 Å². The summed E-state index contributed by atoms with van der Waals surface area (Å²) in [6, 6.07) is 0. The molecule has 100 valence electrons. The number of ketones is 1. The van der Waals surface area contributed by atoms with Crippen molar-refractivity contribution in [3.63, 3.8) is 0 Å². The minimum atomic E-state index is 0.165. The van der Waals surface area contributed by atoms with Gasteiger partial charge in [-0.15, -0.1) is 0 Å². The average molecular weight is 267 g/mol. The van der Waals surface area contributed by atoms with E-state index in [2.05, 4.69) is 18.8 Å². The van der Waals surface area contributed by atoms with Gasteiger partial charge in [-0.05, 0) is 18.1 Å². The van der Waals surface area contributed by atoms with Gasteiger partial charge >= 0.3 is 0 Å².